The Kier molecular flexibility index (Phi) is 2.53. The molecule has 2 rings (SSSR count). The largest absolute Gasteiger partial charge is 0.496 e. The van der Waals surface area contributed by atoms with Crippen LogP contribution in [0.3, 0.4) is 0 Å². The molecule has 2 nitrogen and oxygen atoms in total. The van der Waals surface area contributed by atoms with Crippen molar-refractivity contribution in [2.45, 2.75) is 24.4 Å². The van der Waals surface area contributed by atoms with Gasteiger partial charge in [0.2, 0.25) is 0 Å². The van der Waals surface area contributed by atoms with Crippen molar-refractivity contribution in [3.8, 4) is 11.8 Å². The number of nitriles is 1. The summed E-state index contributed by atoms with van der Waals surface area (Å²) in [5.41, 5.74) is -1.18. The van der Waals surface area contributed by atoms with Crippen molar-refractivity contribution in [1.82, 2.24) is 0 Å². The fourth-order valence-corrected chi connectivity index (χ4v) is 1.82. The van der Waals surface area contributed by atoms with Crippen molar-refractivity contribution >= 4 is 0 Å². The molecular weight excluding hydrogens is 231 g/mol. The maximum absolute atomic E-state index is 12.6. The minimum atomic E-state index is -4.40. The predicted octanol–water partition coefficient (Wildman–Crippen LogP) is 3.27. The zero-order valence-electron chi connectivity index (χ0n) is 9.14. The maximum atomic E-state index is 12.6. The molecule has 5 heteroatoms. The normalized spacial score (nSPS) is 17.4. The Bertz CT molecular complexity index is 484. The number of benzene rings is 1. The van der Waals surface area contributed by atoms with Gasteiger partial charge in [0, 0.05) is 5.56 Å². The second-order valence-corrected chi connectivity index (χ2v) is 4.11. The van der Waals surface area contributed by atoms with Crippen LogP contribution in [0.1, 0.15) is 24.0 Å². The topological polar surface area (TPSA) is 33.0 Å². The Balaban J connectivity index is 2.53. The molecular formula is C12H10F3NO. The van der Waals surface area contributed by atoms with E-state index in [4.69, 9.17) is 10.00 Å². The van der Waals surface area contributed by atoms with E-state index in [2.05, 4.69) is 6.07 Å². The average molecular weight is 241 g/mol. The second kappa shape index (κ2) is 3.66. The predicted molar refractivity (Wildman–Crippen MR) is 54.5 cm³/mol. The molecule has 0 bridgehead atoms. The first-order valence-electron chi connectivity index (χ1n) is 5.10. The molecule has 17 heavy (non-hydrogen) atoms. The van der Waals surface area contributed by atoms with Crippen molar-refractivity contribution in [1.29, 1.82) is 5.26 Å². The fourth-order valence-electron chi connectivity index (χ4n) is 1.82. The molecule has 0 spiro atoms. The standard InChI is InChI=1S/C12H10F3NO/c1-17-10-3-2-8(12(13,14)15)6-9(10)11(7-16)4-5-11/h2-3,6H,4-5H2,1H3. The first-order chi connectivity index (χ1) is 7.93. The van der Waals surface area contributed by atoms with Crippen LogP contribution in [0.5, 0.6) is 5.75 Å². The van der Waals surface area contributed by atoms with Crippen molar-refractivity contribution < 1.29 is 17.9 Å². The lowest BCUT2D eigenvalue weighted by Crippen LogP contribution is -2.10. The summed E-state index contributed by atoms with van der Waals surface area (Å²) in [7, 11) is 1.39. The fraction of sp³-hybridized carbons (Fsp3) is 0.417. The van der Waals surface area contributed by atoms with Gasteiger partial charge < -0.3 is 4.74 Å². The minimum Gasteiger partial charge on any atom is -0.496 e. The zero-order chi connectivity index (χ0) is 12.7. The third-order valence-corrected chi connectivity index (χ3v) is 3.01. The van der Waals surface area contributed by atoms with Gasteiger partial charge in [-0.2, -0.15) is 18.4 Å². The molecule has 1 aromatic rings. The molecule has 0 heterocycles. The van der Waals surface area contributed by atoms with Gasteiger partial charge >= 0.3 is 6.18 Å². The highest BCUT2D eigenvalue weighted by molar-refractivity contribution is 5.50. The first kappa shape index (κ1) is 11.8. The number of ether oxygens (including phenoxy) is 1. The number of halogens is 3. The van der Waals surface area contributed by atoms with E-state index in [1.807, 2.05) is 0 Å². The SMILES string of the molecule is COc1ccc(C(F)(F)F)cc1C1(C#N)CC1. The van der Waals surface area contributed by atoms with Crippen LogP contribution in [-0.4, -0.2) is 7.11 Å². The zero-order valence-corrected chi connectivity index (χ0v) is 9.14. The number of nitrogens with zero attached hydrogens (tertiary/aromatic N) is 1. The van der Waals surface area contributed by atoms with Crippen LogP contribution in [-0.2, 0) is 11.6 Å². The van der Waals surface area contributed by atoms with E-state index < -0.39 is 17.2 Å². The molecule has 1 fully saturated rings. The molecule has 0 N–H and O–H groups in total. The third-order valence-electron chi connectivity index (χ3n) is 3.01. The Morgan fingerprint density at radius 2 is 2.00 bits per heavy atom. The summed E-state index contributed by atoms with van der Waals surface area (Å²) in [5, 5.41) is 9.04. The summed E-state index contributed by atoms with van der Waals surface area (Å²) in [4.78, 5) is 0. The molecule has 1 aliphatic carbocycles. The van der Waals surface area contributed by atoms with Gasteiger partial charge in [0.1, 0.15) is 5.75 Å². The Morgan fingerprint density at radius 1 is 1.35 bits per heavy atom. The molecule has 0 unspecified atom stereocenters. The van der Waals surface area contributed by atoms with Crippen LogP contribution >= 0.6 is 0 Å². The van der Waals surface area contributed by atoms with E-state index in [1.165, 1.54) is 13.2 Å². The summed E-state index contributed by atoms with van der Waals surface area (Å²) >= 11 is 0. The quantitative estimate of drug-likeness (QED) is 0.796. The Hall–Kier alpha value is -1.70. The summed E-state index contributed by atoms with van der Waals surface area (Å²) in [6, 6.07) is 5.34. The van der Waals surface area contributed by atoms with Gasteiger partial charge in [-0.05, 0) is 31.0 Å². The molecule has 0 saturated heterocycles. The van der Waals surface area contributed by atoms with Gasteiger partial charge in [-0.15, -0.1) is 0 Å². The maximum Gasteiger partial charge on any atom is 0.416 e. The van der Waals surface area contributed by atoms with E-state index in [0.717, 1.165) is 12.1 Å². The molecule has 0 aromatic heterocycles. The van der Waals surface area contributed by atoms with Gasteiger partial charge in [0.25, 0.3) is 0 Å². The Morgan fingerprint density at radius 3 is 2.41 bits per heavy atom. The highest BCUT2D eigenvalue weighted by Gasteiger charge is 2.47. The van der Waals surface area contributed by atoms with Crippen LogP contribution in [0, 0.1) is 11.3 Å². The van der Waals surface area contributed by atoms with E-state index in [-0.39, 0.29) is 0 Å². The smallest absolute Gasteiger partial charge is 0.416 e. The lowest BCUT2D eigenvalue weighted by atomic mass is 9.94. The number of hydrogen-bond donors (Lipinski definition) is 0. The van der Waals surface area contributed by atoms with E-state index >= 15 is 0 Å². The van der Waals surface area contributed by atoms with Crippen molar-refractivity contribution in [3.63, 3.8) is 0 Å². The van der Waals surface area contributed by atoms with E-state index in [9.17, 15) is 13.2 Å². The van der Waals surface area contributed by atoms with Gasteiger partial charge in [-0.3, -0.25) is 0 Å². The molecule has 0 radical (unpaired) electrons. The van der Waals surface area contributed by atoms with E-state index in [0.29, 0.717) is 24.2 Å². The van der Waals surface area contributed by atoms with Crippen molar-refractivity contribution in [2.24, 2.45) is 0 Å². The van der Waals surface area contributed by atoms with Crippen LogP contribution in [0.15, 0.2) is 18.2 Å². The van der Waals surface area contributed by atoms with Crippen LogP contribution in [0.25, 0.3) is 0 Å². The van der Waals surface area contributed by atoms with Gasteiger partial charge in [-0.25, -0.2) is 0 Å². The monoisotopic (exact) mass is 241 g/mol. The molecule has 0 aliphatic heterocycles. The van der Waals surface area contributed by atoms with Crippen molar-refractivity contribution in [2.75, 3.05) is 7.11 Å². The molecule has 0 amide bonds. The second-order valence-electron chi connectivity index (χ2n) is 4.11. The summed E-state index contributed by atoms with van der Waals surface area (Å²) in [6.07, 6.45) is -3.23. The Labute approximate surface area is 96.6 Å². The van der Waals surface area contributed by atoms with Gasteiger partial charge in [0.05, 0.1) is 24.2 Å². The lowest BCUT2D eigenvalue weighted by Gasteiger charge is -2.15. The third kappa shape index (κ3) is 1.95. The number of methoxy groups -OCH3 is 1. The van der Waals surface area contributed by atoms with Crippen molar-refractivity contribution in [3.05, 3.63) is 29.3 Å². The molecule has 1 aromatic carbocycles. The molecule has 1 saturated carbocycles. The summed E-state index contributed by atoms with van der Waals surface area (Å²) in [6.45, 7) is 0. The highest BCUT2D eigenvalue weighted by Crippen LogP contribution is 2.51. The van der Waals surface area contributed by atoms with Crippen LogP contribution in [0.2, 0.25) is 0 Å². The molecule has 90 valence electrons. The minimum absolute atomic E-state index is 0.344. The van der Waals surface area contributed by atoms with Gasteiger partial charge in [-0.1, -0.05) is 0 Å². The first-order valence-corrected chi connectivity index (χ1v) is 5.10. The number of hydrogen-bond acceptors (Lipinski definition) is 2. The van der Waals surface area contributed by atoms with E-state index in [1.54, 1.807) is 0 Å². The number of alkyl halides is 3. The highest BCUT2D eigenvalue weighted by atomic mass is 19.4. The molecule has 0 atom stereocenters. The average Bonchev–Trinajstić information content (AvgIpc) is 3.08. The van der Waals surface area contributed by atoms with Crippen LogP contribution < -0.4 is 4.74 Å². The lowest BCUT2D eigenvalue weighted by molar-refractivity contribution is -0.137. The van der Waals surface area contributed by atoms with Crippen LogP contribution in [0.4, 0.5) is 13.2 Å². The van der Waals surface area contributed by atoms with Gasteiger partial charge in [0.15, 0.2) is 0 Å². The number of rotatable bonds is 2. The summed E-state index contributed by atoms with van der Waals surface area (Å²) in [5.74, 6) is 0.344. The molecule has 1 aliphatic rings. The summed E-state index contributed by atoms with van der Waals surface area (Å²) < 4.78 is 42.8.